The summed E-state index contributed by atoms with van der Waals surface area (Å²) in [5.41, 5.74) is 0.100. The molecule has 5 nitrogen and oxygen atoms in total. The van der Waals surface area contributed by atoms with E-state index in [4.69, 9.17) is 0 Å². The van der Waals surface area contributed by atoms with Gasteiger partial charge in [-0.2, -0.15) is 5.10 Å². The summed E-state index contributed by atoms with van der Waals surface area (Å²) in [5.74, 6) is -1.47. The van der Waals surface area contributed by atoms with E-state index in [1.165, 1.54) is 4.68 Å². The van der Waals surface area contributed by atoms with Crippen molar-refractivity contribution in [3.8, 4) is 5.69 Å². The molecule has 0 saturated carbocycles. The van der Waals surface area contributed by atoms with Gasteiger partial charge in [0.15, 0.2) is 0 Å². The van der Waals surface area contributed by atoms with Gasteiger partial charge in [0.2, 0.25) is 5.43 Å². The molecule has 2 aromatic rings. The van der Waals surface area contributed by atoms with Crippen molar-refractivity contribution < 1.29 is 39.5 Å². The molecule has 7 heteroatoms. The number of halogens is 1. The topological polar surface area (TPSA) is 75.0 Å². The maximum Gasteiger partial charge on any atom is 1.00 e. The van der Waals surface area contributed by atoms with Crippen molar-refractivity contribution in [1.29, 1.82) is 0 Å². The van der Waals surface area contributed by atoms with Gasteiger partial charge in [0.25, 0.3) is 0 Å². The normalized spacial score (nSPS) is 9.90. The first-order valence-corrected chi connectivity index (χ1v) is 6.71. The number of hydrogen-bond donors (Lipinski definition) is 0. The number of carbonyl (C=O) groups is 1. The maximum absolute atomic E-state index is 11.6. The van der Waals surface area contributed by atoms with Crippen molar-refractivity contribution >= 4 is 28.6 Å². The quantitative estimate of drug-likeness (QED) is 0.438. The Kier molecular flexibility index (Phi) is 6.38. The zero-order valence-corrected chi connectivity index (χ0v) is 15.2. The van der Waals surface area contributed by atoms with E-state index in [1.807, 2.05) is 24.3 Å². The summed E-state index contributed by atoms with van der Waals surface area (Å²) < 4.78 is 2.52. The molecule has 0 aliphatic rings. The predicted octanol–water partition coefficient (Wildman–Crippen LogP) is -2.23. The minimum atomic E-state index is -1.47. The van der Waals surface area contributed by atoms with Gasteiger partial charge >= 0.3 is 29.6 Å². The predicted molar refractivity (Wildman–Crippen MR) is 76.3 cm³/mol. The summed E-state index contributed by atoms with van der Waals surface area (Å²) in [4.78, 5) is 22.7. The van der Waals surface area contributed by atoms with Crippen LogP contribution in [0.5, 0.6) is 0 Å². The first-order chi connectivity index (χ1) is 9.04. The van der Waals surface area contributed by atoms with Crippen molar-refractivity contribution in [2.24, 2.45) is 0 Å². The van der Waals surface area contributed by atoms with Gasteiger partial charge in [-0.3, -0.25) is 4.79 Å². The Morgan fingerprint density at radius 3 is 2.45 bits per heavy atom. The SMILES string of the molecule is CCc1c(C(=O)[O-])c(=O)cnn1-c1ccc(I)cc1.[Na+]. The van der Waals surface area contributed by atoms with E-state index in [1.54, 1.807) is 6.92 Å². The number of aromatic nitrogens is 2. The summed E-state index contributed by atoms with van der Waals surface area (Å²) in [6.45, 7) is 1.77. The zero-order chi connectivity index (χ0) is 14.0. The van der Waals surface area contributed by atoms with Gasteiger partial charge in [-0.05, 0) is 53.3 Å². The molecule has 98 valence electrons. The number of nitrogens with zero attached hydrogens (tertiary/aromatic N) is 2. The third kappa shape index (κ3) is 3.49. The third-order valence-corrected chi connectivity index (χ3v) is 3.41. The molecule has 0 amide bonds. The molecule has 1 heterocycles. The molecule has 2 rings (SSSR count). The average molecular weight is 392 g/mol. The monoisotopic (exact) mass is 392 g/mol. The third-order valence-electron chi connectivity index (χ3n) is 2.69. The van der Waals surface area contributed by atoms with Crippen molar-refractivity contribution in [2.45, 2.75) is 13.3 Å². The van der Waals surface area contributed by atoms with E-state index in [0.29, 0.717) is 17.8 Å². The molecule has 0 fully saturated rings. The largest absolute Gasteiger partial charge is 1.00 e. The molecular weight excluding hydrogens is 382 g/mol. The molecule has 0 unspecified atom stereocenters. The van der Waals surface area contributed by atoms with E-state index in [-0.39, 0.29) is 35.1 Å². The summed E-state index contributed by atoms with van der Waals surface area (Å²) in [5, 5.41) is 15.1. The van der Waals surface area contributed by atoms with Crippen molar-refractivity contribution in [3.63, 3.8) is 0 Å². The van der Waals surface area contributed by atoms with Gasteiger partial charge in [0.05, 0.1) is 29.1 Å². The first kappa shape index (κ1) is 17.4. The van der Waals surface area contributed by atoms with Crippen LogP contribution in [0.2, 0.25) is 0 Å². The van der Waals surface area contributed by atoms with Gasteiger partial charge in [-0.15, -0.1) is 0 Å². The van der Waals surface area contributed by atoms with Crippen LogP contribution in [0.15, 0.2) is 35.3 Å². The summed E-state index contributed by atoms with van der Waals surface area (Å²) in [7, 11) is 0. The number of hydrogen-bond acceptors (Lipinski definition) is 4. The molecule has 0 radical (unpaired) electrons. The second-order valence-corrected chi connectivity index (χ2v) is 5.11. The Morgan fingerprint density at radius 2 is 1.95 bits per heavy atom. The number of benzene rings is 1. The number of rotatable bonds is 3. The molecule has 20 heavy (non-hydrogen) atoms. The first-order valence-electron chi connectivity index (χ1n) is 5.63. The number of carbonyl (C=O) groups excluding carboxylic acids is 1. The van der Waals surface area contributed by atoms with Gasteiger partial charge in [-0.25, -0.2) is 4.68 Å². The van der Waals surface area contributed by atoms with Crippen LogP contribution in [-0.4, -0.2) is 15.7 Å². The Bertz CT molecular complexity index is 683. The molecule has 0 spiro atoms. The van der Waals surface area contributed by atoms with Crippen LogP contribution < -0.4 is 40.1 Å². The zero-order valence-electron chi connectivity index (χ0n) is 11.1. The van der Waals surface area contributed by atoms with Gasteiger partial charge in [-0.1, -0.05) is 6.92 Å². The van der Waals surface area contributed by atoms with E-state index in [0.717, 1.165) is 9.77 Å². The van der Waals surface area contributed by atoms with E-state index < -0.39 is 11.4 Å². The van der Waals surface area contributed by atoms with E-state index >= 15 is 0 Å². The van der Waals surface area contributed by atoms with Crippen LogP contribution in [0.1, 0.15) is 23.0 Å². The molecule has 1 aromatic heterocycles. The van der Waals surface area contributed by atoms with Crippen LogP contribution in [0, 0.1) is 3.57 Å². The fraction of sp³-hybridized carbons (Fsp3) is 0.154. The Labute approximate surface area is 151 Å². The fourth-order valence-corrected chi connectivity index (χ4v) is 2.20. The molecule has 0 bridgehead atoms. The van der Waals surface area contributed by atoms with Gasteiger partial charge in [0.1, 0.15) is 0 Å². The van der Waals surface area contributed by atoms with Crippen LogP contribution in [0.25, 0.3) is 5.69 Å². The van der Waals surface area contributed by atoms with Crippen LogP contribution in [0.4, 0.5) is 0 Å². The van der Waals surface area contributed by atoms with E-state index in [2.05, 4.69) is 27.7 Å². The minimum Gasteiger partial charge on any atom is -0.545 e. The second-order valence-electron chi connectivity index (χ2n) is 3.86. The number of carboxylic acid groups (broad SMARTS) is 1. The van der Waals surface area contributed by atoms with Crippen LogP contribution >= 0.6 is 22.6 Å². The summed E-state index contributed by atoms with van der Waals surface area (Å²) in [6.07, 6.45) is 1.38. The van der Waals surface area contributed by atoms with Gasteiger partial charge < -0.3 is 9.90 Å². The van der Waals surface area contributed by atoms with Crippen molar-refractivity contribution in [2.75, 3.05) is 0 Å². The Morgan fingerprint density at radius 1 is 1.35 bits per heavy atom. The summed E-state index contributed by atoms with van der Waals surface area (Å²) in [6, 6.07) is 7.40. The van der Waals surface area contributed by atoms with Crippen molar-refractivity contribution in [3.05, 3.63) is 55.5 Å². The molecule has 1 aromatic carbocycles. The maximum atomic E-state index is 11.6. The van der Waals surface area contributed by atoms with Crippen LogP contribution in [-0.2, 0) is 6.42 Å². The number of aromatic carboxylic acids is 1. The molecular formula is C13H10IN2NaO3. The molecule has 0 atom stereocenters. The molecule has 0 aliphatic heterocycles. The molecule has 0 aliphatic carbocycles. The standard InChI is InChI=1S/C13H11IN2O3.Na/c1-2-10-12(13(18)19)11(17)7-15-16(10)9-5-3-8(14)4-6-9;/h3-7H,2H2,1H3,(H,18,19);/q;+1/p-1. The molecule has 0 saturated heterocycles. The van der Waals surface area contributed by atoms with Crippen LogP contribution in [0.3, 0.4) is 0 Å². The summed E-state index contributed by atoms with van der Waals surface area (Å²) >= 11 is 2.17. The number of carboxylic acids is 1. The smallest absolute Gasteiger partial charge is 0.545 e. The molecule has 0 N–H and O–H groups in total. The van der Waals surface area contributed by atoms with Gasteiger partial charge in [0, 0.05) is 3.57 Å². The minimum absolute atomic E-state index is 0. The van der Waals surface area contributed by atoms with E-state index in [9.17, 15) is 14.7 Å². The van der Waals surface area contributed by atoms with Crippen molar-refractivity contribution in [1.82, 2.24) is 9.78 Å². The second kappa shape index (κ2) is 7.35. The fourth-order valence-electron chi connectivity index (χ4n) is 1.84. The average Bonchev–Trinajstić information content (AvgIpc) is 2.39. The Hall–Kier alpha value is -0.700. The Balaban J connectivity index is 0.00000200.